The maximum Gasteiger partial charge on any atom is 0.161 e. The molecule has 0 spiro atoms. The second-order valence-electron chi connectivity index (χ2n) is 5.18. The molecule has 106 valence electrons. The van der Waals surface area contributed by atoms with Crippen LogP contribution in [0.25, 0.3) is 0 Å². The quantitative estimate of drug-likeness (QED) is 0.818. The third-order valence-corrected chi connectivity index (χ3v) is 3.49. The fourth-order valence-corrected chi connectivity index (χ4v) is 2.59. The normalized spacial score (nSPS) is 17.8. The molecule has 1 aliphatic rings. The topological polar surface area (TPSA) is 41.9 Å². The molecule has 1 aliphatic heterocycles. The van der Waals surface area contributed by atoms with Crippen LogP contribution in [0.5, 0.6) is 11.5 Å². The molecule has 4 heteroatoms. The molecule has 0 bridgehead atoms. The predicted octanol–water partition coefficient (Wildman–Crippen LogP) is 1.92. The van der Waals surface area contributed by atoms with Crippen LogP contribution in [0.3, 0.4) is 0 Å². The molecule has 0 aliphatic carbocycles. The number of β-amino-alcohol motifs (C(OH)–C–C–N with tert-alkyl or cyclic N) is 1. The molecule has 1 heterocycles. The Morgan fingerprint density at radius 3 is 2.58 bits per heavy atom. The number of ether oxygens (including phenoxy) is 2. The Labute approximate surface area is 114 Å². The van der Waals surface area contributed by atoms with Crippen molar-refractivity contribution in [3.05, 3.63) is 24.3 Å². The van der Waals surface area contributed by atoms with Gasteiger partial charge < -0.3 is 14.6 Å². The van der Waals surface area contributed by atoms with Crippen molar-refractivity contribution in [3.8, 4) is 11.5 Å². The Hall–Kier alpha value is -1.26. The fourth-order valence-electron chi connectivity index (χ4n) is 2.59. The lowest BCUT2D eigenvalue weighted by Crippen LogP contribution is -2.62. The van der Waals surface area contributed by atoms with Crippen LogP contribution < -0.4 is 9.47 Å². The number of aliphatic hydroxyl groups is 1. The Kier molecular flexibility index (Phi) is 4.66. The Bertz CT molecular complexity index is 402. The molecule has 2 rings (SSSR count). The van der Waals surface area contributed by atoms with Crippen LogP contribution in [0.1, 0.15) is 19.8 Å². The van der Waals surface area contributed by atoms with Crippen molar-refractivity contribution in [1.29, 1.82) is 0 Å². The van der Waals surface area contributed by atoms with E-state index in [2.05, 4.69) is 11.8 Å². The first-order chi connectivity index (χ1) is 9.17. The minimum atomic E-state index is -0.459. The smallest absolute Gasteiger partial charge is 0.161 e. The first-order valence-corrected chi connectivity index (χ1v) is 6.87. The van der Waals surface area contributed by atoms with Gasteiger partial charge in [-0.15, -0.1) is 0 Å². The zero-order valence-corrected chi connectivity index (χ0v) is 11.8. The monoisotopic (exact) mass is 265 g/mol. The average Bonchev–Trinajstić information content (AvgIpc) is 2.37. The molecular formula is C15H23NO3. The first kappa shape index (κ1) is 14.2. The molecule has 0 unspecified atom stereocenters. The summed E-state index contributed by atoms with van der Waals surface area (Å²) in [5, 5.41) is 10.1. The van der Waals surface area contributed by atoms with Crippen molar-refractivity contribution < 1.29 is 14.6 Å². The van der Waals surface area contributed by atoms with Crippen molar-refractivity contribution >= 4 is 0 Å². The first-order valence-electron chi connectivity index (χ1n) is 6.87. The van der Waals surface area contributed by atoms with Gasteiger partial charge >= 0.3 is 0 Å². The second kappa shape index (κ2) is 6.26. The van der Waals surface area contributed by atoms with Crippen LogP contribution in [-0.2, 0) is 0 Å². The summed E-state index contributed by atoms with van der Waals surface area (Å²) in [6.45, 7) is 5.07. The summed E-state index contributed by atoms with van der Waals surface area (Å²) in [4.78, 5) is 2.21. The molecule has 1 aromatic carbocycles. The number of hydrogen-bond donors (Lipinski definition) is 1. The molecule has 0 saturated carbocycles. The number of hydrogen-bond acceptors (Lipinski definition) is 4. The largest absolute Gasteiger partial charge is 0.493 e. The lowest BCUT2D eigenvalue weighted by atomic mass is 9.89. The lowest BCUT2D eigenvalue weighted by Gasteiger charge is -2.46. The zero-order chi connectivity index (χ0) is 13.7. The maximum absolute atomic E-state index is 10.1. The van der Waals surface area contributed by atoms with Gasteiger partial charge in [0.1, 0.15) is 6.61 Å². The van der Waals surface area contributed by atoms with Crippen molar-refractivity contribution in [2.45, 2.75) is 25.4 Å². The second-order valence-corrected chi connectivity index (χ2v) is 5.18. The molecule has 4 nitrogen and oxygen atoms in total. The predicted molar refractivity (Wildman–Crippen MR) is 74.8 cm³/mol. The molecule has 0 radical (unpaired) electrons. The Balaban J connectivity index is 1.71. The summed E-state index contributed by atoms with van der Waals surface area (Å²) in [7, 11) is 1.64. The summed E-state index contributed by atoms with van der Waals surface area (Å²) < 4.78 is 10.9. The third kappa shape index (κ3) is 3.61. The van der Waals surface area contributed by atoms with Crippen LogP contribution in [0.15, 0.2) is 24.3 Å². The van der Waals surface area contributed by atoms with E-state index in [1.165, 1.54) is 0 Å². The van der Waals surface area contributed by atoms with Crippen molar-refractivity contribution in [1.82, 2.24) is 4.90 Å². The van der Waals surface area contributed by atoms with E-state index >= 15 is 0 Å². The maximum atomic E-state index is 10.1. The van der Waals surface area contributed by atoms with E-state index in [-0.39, 0.29) is 0 Å². The van der Waals surface area contributed by atoms with Gasteiger partial charge in [-0.2, -0.15) is 0 Å². The SMILES string of the molecule is CCCC1(O)CN(CCOc2ccccc2OC)C1. The molecule has 0 amide bonds. The minimum Gasteiger partial charge on any atom is -0.493 e. The van der Waals surface area contributed by atoms with Gasteiger partial charge in [0.05, 0.1) is 12.7 Å². The van der Waals surface area contributed by atoms with Crippen molar-refractivity contribution in [2.75, 3.05) is 33.4 Å². The summed E-state index contributed by atoms with van der Waals surface area (Å²) >= 11 is 0. The number of nitrogens with zero attached hydrogens (tertiary/aromatic N) is 1. The van der Waals surface area contributed by atoms with Gasteiger partial charge in [0, 0.05) is 19.6 Å². The van der Waals surface area contributed by atoms with Gasteiger partial charge in [0.2, 0.25) is 0 Å². The van der Waals surface area contributed by atoms with E-state index in [1.807, 2.05) is 24.3 Å². The third-order valence-electron chi connectivity index (χ3n) is 3.49. The molecule has 0 atom stereocenters. The minimum absolute atomic E-state index is 0.459. The van der Waals surface area contributed by atoms with E-state index in [4.69, 9.17) is 9.47 Å². The van der Waals surface area contributed by atoms with Gasteiger partial charge in [0.25, 0.3) is 0 Å². The van der Waals surface area contributed by atoms with E-state index < -0.39 is 5.60 Å². The van der Waals surface area contributed by atoms with Gasteiger partial charge in [-0.25, -0.2) is 0 Å². The van der Waals surface area contributed by atoms with E-state index in [9.17, 15) is 5.11 Å². The van der Waals surface area contributed by atoms with Crippen LogP contribution in [-0.4, -0.2) is 49.0 Å². The lowest BCUT2D eigenvalue weighted by molar-refractivity contribution is -0.105. The molecule has 19 heavy (non-hydrogen) atoms. The Morgan fingerprint density at radius 2 is 1.95 bits per heavy atom. The highest BCUT2D eigenvalue weighted by Gasteiger charge is 2.39. The molecule has 1 saturated heterocycles. The highest BCUT2D eigenvalue weighted by molar-refractivity contribution is 5.39. The fraction of sp³-hybridized carbons (Fsp3) is 0.600. The average molecular weight is 265 g/mol. The van der Waals surface area contributed by atoms with Crippen molar-refractivity contribution in [3.63, 3.8) is 0 Å². The van der Waals surface area contributed by atoms with Crippen molar-refractivity contribution in [2.24, 2.45) is 0 Å². The summed E-state index contributed by atoms with van der Waals surface area (Å²) in [5.74, 6) is 1.53. The standard InChI is InChI=1S/C15H23NO3/c1-3-8-15(17)11-16(12-15)9-10-19-14-7-5-4-6-13(14)18-2/h4-7,17H,3,8-12H2,1-2H3. The Morgan fingerprint density at radius 1 is 1.26 bits per heavy atom. The van der Waals surface area contributed by atoms with Gasteiger partial charge in [-0.1, -0.05) is 25.5 Å². The summed E-state index contributed by atoms with van der Waals surface area (Å²) in [6, 6.07) is 7.65. The number of benzene rings is 1. The number of methoxy groups -OCH3 is 1. The highest BCUT2D eigenvalue weighted by atomic mass is 16.5. The van der Waals surface area contributed by atoms with Crippen LogP contribution >= 0.6 is 0 Å². The van der Waals surface area contributed by atoms with Crippen LogP contribution in [0, 0.1) is 0 Å². The van der Waals surface area contributed by atoms with Gasteiger partial charge in [-0.3, -0.25) is 4.90 Å². The number of rotatable bonds is 7. The van der Waals surface area contributed by atoms with E-state index in [0.29, 0.717) is 6.61 Å². The number of likely N-dealkylation sites (tertiary alicyclic amines) is 1. The summed E-state index contributed by atoms with van der Waals surface area (Å²) in [5.41, 5.74) is -0.459. The van der Waals surface area contributed by atoms with E-state index in [1.54, 1.807) is 7.11 Å². The molecular weight excluding hydrogens is 242 g/mol. The molecule has 1 aromatic rings. The summed E-state index contributed by atoms with van der Waals surface area (Å²) in [6.07, 6.45) is 1.92. The van der Waals surface area contributed by atoms with E-state index in [0.717, 1.165) is 44.0 Å². The molecule has 1 fully saturated rings. The van der Waals surface area contributed by atoms with Gasteiger partial charge in [0.15, 0.2) is 11.5 Å². The van der Waals surface area contributed by atoms with Crippen LogP contribution in [0.2, 0.25) is 0 Å². The highest BCUT2D eigenvalue weighted by Crippen LogP contribution is 2.27. The van der Waals surface area contributed by atoms with Crippen LogP contribution in [0.4, 0.5) is 0 Å². The number of para-hydroxylation sites is 2. The molecule has 0 aromatic heterocycles. The molecule has 1 N–H and O–H groups in total. The van der Waals surface area contributed by atoms with Gasteiger partial charge in [-0.05, 0) is 18.6 Å². The zero-order valence-electron chi connectivity index (χ0n) is 11.8.